The number of phenolic OH excluding ortho intramolecular Hbond substituents is 1. The number of hydrogen-bond donors (Lipinski definition) is 2. The molecule has 0 unspecified atom stereocenters. The predicted molar refractivity (Wildman–Crippen MR) is 82.3 cm³/mol. The number of fused-ring (bicyclic) bond motifs is 5. The van der Waals surface area contributed by atoms with Crippen LogP contribution in [0.4, 0.5) is 0 Å². The van der Waals surface area contributed by atoms with Crippen LogP contribution < -0.4 is 0 Å². The number of aryl methyl sites for hydroxylation is 1. The van der Waals surface area contributed by atoms with Crippen LogP contribution in [0.25, 0.3) is 0 Å². The van der Waals surface area contributed by atoms with E-state index in [1.165, 1.54) is 11.1 Å². The number of rotatable bonds is 0. The van der Waals surface area contributed by atoms with Crippen molar-refractivity contribution < 1.29 is 15.1 Å². The Morgan fingerprint density at radius 2 is 2.14 bits per heavy atom. The van der Waals surface area contributed by atoms with Crippen molar-refractivity contribution in [1.82, 2.24) is 0 Å². The van der Waals surface area contributed by atoms with Gasteiger partial charge in [0.25, 0.3) is 0 Å². The van der Waals surface area contributed by atoms with E-state index in [4.69, 9.17) is 5.21 Å². The minimum atomic E-state index is -0.350. The van der Waals surface area contributed by atoms with Crippen LogP contribution in [0.15, 0.2) is 23.4 Å². The summed E-state index contributed by atoms with van der Waals surface area (Å²) in [7, 11) is 0. The van der Waals surface area contributed by atoms with Gasteiger partial charge in [-0.05, 0) is 66.7 Å². The minimum absolute atomic E-state index is 0.0509. The van der Waals surface area contributed by atoms with Crippen LogP contribution >= 0.6 is 0 Å². The van der Waals surface area contributed by atoms with Crippen LogP contribution in [0.2, 0.25) is 0 Å². The Morgan fingerprint density at radius 3 is 2.91 bits per heavy atom. The number of benzene rings is 1. The number of phenols is 1. The van der Waals surface area contributed by atoms with Gasteiger partial charge in [-0.25, -0.2) is 0 Å². The molecular formula is C18H21NO3. The highest BCUT2D eigenvalue weighted by Gasteiger charge is 2.57. The molecule has 116 valence electrons. The van der Waals surface area contributed by atoms with Gasteiger partial charge >= 0.3 is 0 Å². The summed E-state index contributed by atoms with van der Waals surface area (Å²) in [6.07, 6.45) is 4.47. The number of aromatic hydroxyl groups is 1. The summed E-state index contributed by atoms with van der Waals surface area (Å²) in [5, 5.41) is 22.1. The summed E-state index contributed by atoms with van der Waals surface area (Å²) in [6, 6.07) is 5.72. The number of hydrogen-bond acceptors (Lipinski definition) is 4. The van der Waals surface area contributed by atoms with Gasteiger partial charge in [0.05, 0.1) is 0 Å². The quantitative estimate of drug-likeness (QED) is 0.570. The number of carbonyl (C=O) groups is 1. The molecule has 0 saturated heterocycles. The number of Topliss-reactive ketones (excluding diaryl/α,β-unsaturated/α-hetero) is 1. The topological polar surface area (TPSA) is 69.9 Å². The second-order valence-corrected chi connectivity index (χ2v) is 7.33. The number of carbonyl (C=O) groups excluding carboxylic acids is 1. The molecule has 0 radical (unpaired) electrons. The first kappa shape index (κ1) is 13.8. The third-order valence-corrected chi connectivity index (χ3v) is 6.41. The van der Waals surface area contributed by atoms with E-state index in [9.17, 15) is 9.90 Å². The fourth-order valence-electron chi connectivity index (χ4n) is 5.26. The van der Waals surface area contributed by atoms with Crippen molar-refractivity contribution >= 4 is 11.5 Å². The highest BCUT2D eigenvalue weighted by atomic mass is 16.4. The van der Waals surface area contributed by atoms with Gasteiger partial charge in [-0.2, -0.15) is 0 Å². The van der Waals surface area contributed by atoms with Crippen molar-refractivity contribution in [2.45, 2.75) is 44.9 Å². The Balaban J connectivity index is 1.74. The fourth-order valence-corrected chi connectivity index (χ4v) is 5.26. The molecule has 2 fully saturated rings. The van der Waals surface area contributed by atoms with E-state index in [1.54, 1.807) is 6.07 Å². The molecule has 3 aliphatic carbocycles. The van der Waals surface area contributed by atoms with Gasteiger partial charge in [0, 0.05) is 11.8 Å². The maximum absolute atomic E-state index is 12.5. The lowest BCUT2D eigenvalue weighted by Gasteiger charge is -2.47. The Kier molecular flexibility index (Phi) is 2.87. The Morgan fingerprint density at radius 1 is 1.32 bits per heavy atom. The lowest BCUT2D eigenvalue weighted by atomic mass is 9.55. The number of nitrogens with zero attached hydrogens (tertiary/aromatic N) is 1. The van der Waals surface area contributed by atoms with Gasteiger partial charge in [0.15, 0.2) is 5.78 Å². The molecule has 1 aromatic rings. The Hall–Kier alpha value is -1.84. The van der Waals surface area contributed by atoms with E-state index < -0.39 is 0 Å². The molecule has 22 heavy (non-hydrogen) atoms. The average molecular weight is 299 g/mol. The van der Waals surface area contributed by atoms with Gasteiger partial charge in [-0.15, -0.1) is 0 Å². The van der Waals surface area contributed by atoms with Crippen molar-refractivity contribution in [3.8, 4) is 5.75 Å². The van der Waals surface area contributed by atoms with Gasteiger partial charge < -0.3 is 10.3 Å². The van der Waals surface area contributed by atoms with Crippen LogP contribution in [0.5, 0.6) is 5.75 Å². The van der Waals surface area contributed by atoms with Crippen LogP contribution in [0, 0.1) is 17.3 Å². The first-order valence-electron chi connectivity index (χ1n) is 8.12. The SMILES string of the molecule is C[C@]12CC[C@@H]3c4ccc(O)cc4CC[C@H]3[C@@H]1C/C(=N/O)C2=O. The molecule has 0 aliphatic heterocycles. The molecule has 4 nitrogen and oxygen atoms in total. The molecule has 1 aromatic carbocycles. The van der Waals surface area contributed by atoms with Crippen molar-refractivity contribution in [3.05, 3.63) is 29.3 Å². The van der Waals surface area contributed by atoms with E-state index in [2.05, 4.69) is 18.1 Å². The zero-order chi connectivity index (χ0) is 15.5. The second kappa shape index (κ2) is 4.58. The van der Waals surface area contributed by atoms with Crippen LogP contribution in [-0.4, -0.2) is 21.8 Å². The van der Waals surface area contributed by atoms with Gasteiger partial charge in [-0.3, -0.25) is 4.79 Å². The van der Waals surface area contributed by atoms with Gasteiger partial charge in [0.2, 0.25) is 0 Å². The predicted octanol–water partition coefficient (Wildman–Crippen LogP) is 3.26. The van der Waals surface area contributed by atoms with Gasteiger partial charge in [-0.1, -0.05) is 18.1 Å². The van der Waals surface area contributed by atoms with E-state index in [-0.39, 0.29) is 17.1 Å². The van der Waals surface area contributed by atoms with Gasteiger partial charge in [0.1, 0.15) is 11.5 Å². The second-order valence-electron chi connectivity index (χ2n) is 7.33. The summed E-state index contributed by atoms with van der Waals surface area (Å²) in [4.78, 5) is 12.5. The summed E-state index contributed by atoms with van der Waals surface area (Å²) in [5.41, 5.74) is 2.62. The lowest BCUT2D eigenvalue weighted by Crippen LogP contribution is -2.42. The molecule has 0 heterocycles. The summed E-state index contributed by atoms with van der Waals surface area (Å²) in [6.45, 7) is 2.06. The van der Waals surface area contributed by atoms with Crippen molar-refractivity contribution in [2.24, 2.45) is 22.4 Å². The highest BCUT2D eigenvalue weighted by molar-refractivity contribution is 6.43. The number of oxime groups is 1. The minimum Gasteiger partial charge on any atom is -0.508 e. The maximum Gasteiger partial charge on any atom is 0.186 e. The van der Waals surface area contributed by atoms with Crippen LogP contribution in [0.3, 0.4) is 0 Å². The molecule has 2 N–H and O–H groups in total. The molecular weight excluding hydrogens is 278 g/mol. The molecule has 0 aromatic heterocycles. The Labute approximate surface area is 129 Å². The standard InChI is InChI=1S/C18H21NO3/c1-18-7-6-13-12-5-3-11(20)8-10(12)2-4-14(13)15(18)9-16(19-22)17(18)21/h3,5,8,13-15,20,22H,2,4,6-7,9H2,1H3/b19-16-/t13-,14-,15+,18+/m1/s1. The highest BCUT2D eigenvalue weighted by Crippen LogP contribution is 2.59. The monoisotopic (exact) mass is 299 g/mol. The van der Waals surface area contributed by atoms with Crippen LogP contribution in [0.1, 0.15) is 49.7 Å². The van der Waals surface area contributed by atoms with Crippen molar-refractivity contribution in [1.29, 1.82) is 0 Å². The lowest BCUT2D eigenvalue weighted by molar-refractivity contribution is -0.125. The third kappa shape index (κ3) is 1.70. The van der Waals surface area contributed by atoms with E-state index in [1.807, 2.05) is 6.07 Å². The van der Waals surface area contributed by atoms with E-state index in [0.717, 1.165) is 25.7 Å². The zero-order valence-corrected chi connectivity index (χ0v) is 12.7. The van der Waals surface area contributed by atoms with Crippen molar-refractivity contribution in [3.63, 3.8) is 0 Å². The molecule has 0 amide bonds. The third-order valence-electron chi connectivity index (χ3n) is 6.41. The normalized spacial score (nSPS) is 38.5. The zero-order valence-electron chi connectivity index (χ0n) is 12.7. The molecule has 2 saturated carbocycles. The molecule has 4 atom stereocenters. The molecule has 4 rings (SSSR count). The average Bonchev–Trinajstić information content (AvgIpc) is 2.78. The first-order valence-corrected chi connectivity index (χ1v) is 8.12. The van der Waals surface area contributed by atoms with Crippen molar-refractivity contribution in [2.75, 3.05) is 0 Å². The largest absolute Gasteiger partial charge is 0.508 e. The first-order chi connectivity index (χ1) is 10.5. The molecule has 4 heteroatoms. The fraction of sp³-hybridized carbons (Fsp3) is 0.556. The van der Waals surface area contributed by atoms with E-state index >= 15 is 0 Å². The molecule has 0 bridgehead atoms. The number of ketones is 1. The summed E-state index contributed by atoms with van der Waals surface area (Å²) < 4.78 is 0. The summed E-state index contributed by atoms with van der Waals surface area (Å²) >= 11 is 0. The smallest absolute Gasteiger partial charge is 0.186 e. The van der Waals surface area contributed by atoms with Crippen LogP contribution in [-0.2, 0) is 11.2 Å². The van der Waals surface area contributed by atoms with E-state index in [0.29, 0.717) is 29.7 Å². The Bertz CT molecular complexity index is 681. The molecule has 0 spiro atoms. The summed E-state index contributed by atoms with van der Waals surface area (Å²) in [5.74, 6) is 1.61. The molecule has 3 aliphatic rings. The maximum atomic E-state index is 12.5.